The average molecular weight is 296 g/mol. The number of nitrogens with one attached hydrogen (secondary N) is 1. The molecule has 1 aromatic carbocycles. The Hall–Kier alpha value is -1.94. The molecule has 1 aromatic heterocycles. The summed E-state index contributed by atoms with van der Waals surface area (Å²) in [5.74, 6) is 1.18. The Morgan fingerprint density at radius 3 is 2.86 bits per heavy atom. The van der Waals surface area contributed by atoms with Crippen molar-refractivity contribution in [1.82, 2.24) is 10.3 Å². The number of hydrogen-bond donors (Lipinski definition) is 2. The van der Waals surface area contributed by atoms with Crippen molar-refractivity contribution >= 4 is 16.8 Å². The van der Waals surface area contributed by atoms with Gasteiger partial charge in [0.1, 0.15) is 5.69 Å². The molecule has 4 unspecified atom stereocenters. The van der Waals surface area contributed by atoms with Crippen LogP contribution >= 0.6 is 0 Å². The Morgan fingerprint density at radius 2 is 2.00 bits per heavy atom. The maximum absolute atomic E-state index is 12.5. The van der Waals surface area contributed by atoms with Gasteiger partial charge < -0.3 is 10.4 Å². The summed E-state index contributed by atoms with van der Waals surface area (Å²) < 4.78 is 0. The van der Waals surface area contributed by atoms with E-state index in [1.807, 2.05) is 30.3 Å². The summed E-state index contributed by atoms with van der Waals surface area (Å²) in [6, 6.07) is 11.6. The van der Waals surface area contributed by atoms with E-state index in [0.717, 1.165) is 23.7 Å². The predicted molar refractivity (Wildman–Crippen MR) is 84.4 cm³/mol. The molecule has 4 heteroatoms. The number of rotatable bonds is 3. The highest BCUT2D eigenvalue weighted by atomic mass is 16.3. The Morgan fingerprint density at radius 1 is 1.18 bits per heavy atom. The minimum atomic E-state index is -0.123. The van der Waals surface area contributed by atoms with E-state index in [-0.39, 0.29) is 24.5 Å². The van der Waals surface area contributed by atoms with E-state index in [4.69, 9.17) is 0 Å². The number of aromatic nitrogens is 1. The zero-order valence-corrected chi connectivity index (χ0v) is 12.4. The molecule has 4 atom stereocenters. The zero-order chi connectivity index (χ0) is 15.1. The van der Waals surface area contributed by atoms with Crippen LogP contribution in [-0.4, -0.2) is 28.6 Å². The molecule has 2 N–H and O–H groups in total. The van der Waals surface area contributed by atoms with Gasteiger partial charge in [-0.3, -0.25) is 4.79 Å². The Balaban J connectivity index is 1.56. The molecule has 1 heterocycles. The number of hydrogen-bond acceptors (Lipinski definition) is 3. The highest BCUT2D eigenvalue weighted by molar-refractivity contribution is 5.95. The summed E-state index contributed by atoms with van der Waals surface area (Å²) in [5.41, 5.74) is 1.29. The van der Waals surface area contributed by atoms with Crippen LogP contribution in [0.5, 0.6) is 0 Å². The third kappa shape index (κ3) is 2.18. The van der Waals surface area contributed by atoms with Gasteiger partial charge in [-0.1, -0.05) is 24.3 Å². The van der Waals surface area contributed by atoms with Crippen LogP contribution in [0.25, 0.3) is 10.9 Å². The molecular weight excluding hydrogens is 276 g/mol. The van der Waals surface area contributed by atoms with Crippen LogP contribution in [0.3, 0.4) is 0 Å². The minimum absolute atomic E-state index is 0.101. The van der Waals surface area contributed by atoms with E-state index in [2.05, 4.69) is 10.3 Å². The number of carbonyl (C=O) groups is 1. The van der Waals surface area contributed by atoms with E-state index in [9.17, 15) is 9.90 Å². The van der Waals surface area contributed by atoms with Gasteiger partial charge in [0.2, 0.25) is 0 Å². The number of aliphatic hydroxyl groups excluding tert-OH is 1. The Labute approximate surface area is 129 Å². The molecule has 22 heavy (non-hydrogen) atoms. The third-order valence-electron chi connectivity index (χ3n) is 5.43. The van der Waals surface area contributed by atoms with E-state index in [0.29, 0.717) is 17.5 Å². The van der Waals surface area contributed by atoms with Gasteiger partial charge in [0.25, 0.3) is 5.91 Å². The van der Waals surface area contributed by atoms with Crippen molar-refractivity contribution < 1.29 is 9.90 Å². The second-order valence-corrected chi connectivity index (χ2v) is 6.57. The van der Waals surface area contributed by atoms with Gasteiger partial charge in [0.05, 0.1) is 5.52 Å². The first-order chi connectivity index (χ1) is 10.8. The average Bonchev–Trinajstić information content (AvgIpc) is 3.15. The van der Waals surface area contributed by atoms with Crippen molar-refractivity contribution in [1.29, 1.82) is 0 Å². The van der Waals surface area contributed by atoms with E-state index >= 15 is 0 Å². The van der Waals surface area contributed by atoms with Crippen molar-refractivity contribution in [2.75, 3.05) is 6.61 Å². The number of para-hydroxylation sites is 1. The van der Waals surface area contributed by atoms with E-state index in [1.54, 1.807) is 6.07 Å². The second kappa shape index (κ2) is 5.36. The fourth-order valence-electron chi connectivity index (χ4n) is 4.32. The first-order valence-corrected chi connectivity index (χ1v) is 8.04. The van der Waals surface area contributed by atoms with E-state index in [1.165, 1.54) is 6.42 Å². The number of fused-ring (bicyclic) bond motifs is 3. The summed E-state index contributed by atoms with van der Waals surface area (Å²) in [7, 11) is 0. The highest BCUT2D eigenvalue weighted by Crippen LogP contribution is 2.48. The lowest BCUT2D eigenvalue weighted by Crippen LogP contribution is -2.45. The van der Waals surface area contributed by atoms with Crippen LogP contribution in [0.15, 0.2) is 36.4 Å². The topological polar surface area (TPSA) is 62.2 Å². The molecule has 0 radical (unpaired) electrons. The first-order valence-electron chi connectivity index (χ1n) is 8.04. The number of amides is 1. The lowest BCUT2D eigenvalue weighted by atomic mass is 9.85. The fraction of sp³-hybridized carbons (Fsp3) is 0.444. The zero-order valence-electron chi connectivity index (χ0n) is 12.4. The normalized spacial score (nSPS) is 29.9. The van der Waals surface area contributed by atoms with Crippen molar-refractivity contribution in [3.8, 4) is 0 Å². The summed E-state index contributed by atoms with van der Waals surface area (Å²) in [6.07, 6.45) is 3.50. The quantitative estimate of drug-likeness (QED) is 0.914. The van der Waals surface area contributed by atoms with Gasteiger partial charge in [0.15, 0.2) is 0 Å². The molecule has 4 rings (SSSR count). The molecule has 2 bridgehead atoms. The maximum atomic E-state index is 12.5. The molecular formula is C18H20N2O2. The molecule has 2 fully saturated rings. The van der Waals surface area contributed by atoms with Crippen LogP contribution in [0.1, 0.15) is 29.8 Å². The summed E-state index contributed by atoms with van der Waals surface area (Å²) in [5, 5.41) is 13.8. The molecule has 2 aliphatic carbocycles. The molecule has 2 aromatic rings. The fourth-order valence-corrected chi connectivity index (χ4v) is 4.32. The van der Waals surface area contributed by atoms with E-state index < -0.39 is 0 Å². The van der Waals surface area contributed by atoms with Crippen molar-refractivity contribution in [3.63, 3.8) is 0 Å². The van der Waals surface area contributed by atoms with Crippen LogP contribution in [0.4, 0.5) is 0 Å². The van der Waals surface area contributed by atoms with Gasteiger partial charge >= 0.3 is 0 Å². The molecule has 0 saturated heterocycles. The van der Waals surface area contributed by atoms with Gasteiger partial charge in [-0.05, 0) is 43.2 Å². The van der Waals surface area contributed by atoms with Crippen molar-refractivity contribution in [2.45, 2.75) is 25.3 Å². The summed E-state index contributed by atoms with van der Waals surface area (Å²) in [4.78, 5) is 17.0. The van der Waals surface area contributed by atoms with Crippen LogP contribution < -0.4 is 5.32 Å². The van der Waals surface area contributed by atoms with Crippen LogP contribution in [0.2, 0.25) is 0 Å². The van der Waals surface area contributed by atoms with Gasteiger partial charge in [-0.15, -0.1) is 0 Å². The van der Waals surface area contributed by atoms with Crippen molar-refractivity contribution in [2.24, 2.45) is 17.8 Å². The number of nitrogens with zero attached hydrogens (tertiary/aromatic N) is 1. The van der Waals surface area contributed by atoms with Crippen LogP contribution in [0, 0.1) is 17.8 Å². The number of carbonyl (C=O) groups excluding carboxylic acids is 1. The lowest BCUT2D eigenvalue weighted by molar-refractivity contribution is 0.0857. The SMILES string of the molecule is O=C(NC1C2CCC(C2)C1CO)c1ccc2ccccc2n1. The first kappa shape index (κ1) is 13.7. The summed E-state index contributed by atoms with van der Waals surface area (Å²) >= 11 is 0. The molecule has 114 valence electrons. The number of aliphatic hydroxyl groups is 1. The molecule has 0 spiro atoms. The highest BCUT2D eigenvalue weighted by Gasteiger charge is 2.47. The smallest absolute Gasteiger partial charge is 0.270 e. The maximum Gasteiger partial charge on any atom is 0.270 e. The standard InChI is InChI=1S/C18H20N2O2/c21-10-14-12-5-6-13(9-12)17(14)20-18(22)16-8-7-11-3-1-2-4-15(11)19-16/h1-4,7-8,12-14,17,21H,5-6,9-10H2,(H,20,22). The Kier molecular flexibility index (Phi) is 3.34. The van der Waals surface area contributed by atoms with Gasteiger partial charge in [-0.2, -0.15) is 0 Å². The molecule has 0 aliphatic heterocycles. The van der Waals surface area contributed by atoms with Crippen molar-refractivity contribution in [3.05, 3.63) is 42.1 Å². The van der Waals surface area contributed by atoms with Gasteiger partial charge in [-0.25, -0.2) is 4.98 Å². The molecule has 2 aliphatic rings. The lowest BCUT2D eigenvalue weighted by Gasteiger charge is -2.30. The van der Waals surface area contributed by atoms with Crippen LogP contribution in [-0.2, 0) is 0 Å². The minimum Gasteiger partial charge on any atom is -0.396 e. The largest absolute Gasteiger partial charge is 0.396 e. The van der Waals surface area contributed by atoms with Gasteiger partial charge in [0, 0.05) is 24.0 Å². The number of benzene rings is 1. The molecule has 1 amide bonds. The molecule has 2 saturated carbocycles. The number of pyridine rings is 1. The predicted octanol–water partition coefficient (Wildman–Crippen LogP) is 2.37. The molecule has 4 nitrogen and oxygen atoms in total. The monoisotopic (exact) mass is 296 g/mol. The second-order valence-electron chi connectivity index (χ2n) is 6.57. The Bertz CT molecular complexity index is 715. The summed E-state index contributed by atoms with van der Waals surface area (Å²) in [6.45, 7) is 0.164. The third-order valence-corrected chi connectivity index (χ3v) is 5.43.